The van der Waals surface area contributed by atoms with Crippen LogP contribution in [0.2, 0.25) is 0 Å². The molecule has 0 saturated carbocycles. The van der Waals surface area contributed by atoms with Crippen molar-refractivity contribution >= 4 is 27.0 Å². The number of halogens is 1. The largest absolute Gasteiger partial charge is 0.305 e. The molecular formula is C13H15BrN2O. The van der Waals surface area contributed by atoms with Crippen LogP contribution in [0.25, 0.3) is 11.0 Å². The quantitative estimate of drug-likeness (QED) is 0.813. The predicted molar refractivity (Wildman–Crippen MR) is 73.6 cm³/mol. The third-order valence-corrected chi connectivity index (χ3v) is 3.90. The van der Waals surface area contributed by atoms with Gasteiger partial charge in [-0.1, -0.05) is 41.4 Å². The van der Waals surface area contributed by atoms with Gasteiger partial charge in [-0.15, -0.1) is 0 Å². The summed E-state index contributed by atoms with van der Waals surface area (Å²) < 4.78 is 1.82. The molecule has 1 aromatic heterocycles. The third kappa shape index (κ3) is 2.57. The van der Waals surface area contributed by atoms with Gasteiger partial charge in [0.1, 0.15) is 0 Å². The molecule has 0 radical (unpaired) electrons. The molecule has 17 heavy (non-hydrogen) atoms. The van der Waals surface area contributed by atoms with Crippen LogP contribution < -0.4 is 5.56 Å². The Bertz CT molecular complexity index is 561. The number of alkyl halides is 1. The number of hydrogen-bond acceptors (Lipinski definition) is 2. The fourth-order valence-electron chi connectivity index (χ4n) is 1.85. The van der Waals surface area contributed by atoms with Crippen LogP contribution in [-0.2, 0) is 6.54 Å². The van der Waals surface area contributed by atoms with Crippen molar-refractivity contribution < 1.29 is 0 Å². The Balaban J connectivity index is 2.51. The Morgan fingerprint density at radius 3 is 2.88 bits per heavy atom. The summed E-state index contributed by atoms with van der Waals surface area (Å²) in [6, 6.07) is 7.76. The number of nitrogens with zero attached hydrogens (tertiary/aromatic N) is 2. The zero-order valence-electron chi connectivity index (χ0n) is 9.77. The maximum absolute atomic E-state index is 11.9. The Morgan fingerprint density at radius 1 is 1.41 bits per heavy atom. The zero-order chi connectivity index (χ0) is 12.3. The summed E-state index contributed by atoms with van der Waals surface area (Å²) in [5, 5.41) is 0.909. The van der Waals surface area contributed by atoms with Gasteiger partial charge in [0.05, 0.1) is 17.2 Å². The van der Waals surface area contributed by atoms with E-state index in [0.29, 0.717) is 5.92 Å². The minimum atomic E-state index is -0.0249. The molecule has 0 bridgehead atoms. The number of hydrogen-bond donors (Lipinski definition) is 0. The molecular weight excluding hydrogens is 280 g/mol. The van der Waals surface area contributed by atoms with E-state index >= 15 is 0 Å². The lowest BCUT2D eigenvalue weighted by molar-refractivity contribution is 0.478. The van der Waals surface area contributed by atoms with Gasteiger partial charge >= 0.3 is 0 Å². The van der Waals surface area contributed by atoms with Crippen molar-refractivity contribution in [3.05, 3.63) is 40.8 Å². The van der Waals surface area contributed by atoms with Crippen molar-refractivity contribution in [2.24, 2.45) is 5.92 Å². The molecule has 0 aliphatic rings. The molecule has 90 valence electrons. The van der Waals surface area contributed by atoms with Crippen molar-refractivity contribution in [2.75, 3.05) is 5.33 Å². The van der Waals surface area contributed by atoms with Gasteiger partial charge in [-0.25, -0.2) is 4.98 Å². The van der Waals surface area contributed by atoms with Crippen LogP contribution >= 0.6 is 15.9 Å². The van der Waals surface area contributed by atoms with Crippen LogP contribution in [0.1, 0.15) is 13.3 Å². The first-order valence-electron chi connectivity index (χ1n) is 5.76. The molecule has 2 aromatic rings. The standard InChI is InChI=1S/C13H15BrN2O/c1-2-10(7-14)9-16-12-6-4-3-5-11(12)15-8-13(16)17/h3-6,8,10H,2,7,9H2,1H3. The molecule has 0 amide bonds. The van der Waals surface area contributed by atoms with Crippen LogP contribution in [0.5, 0.6) is 0 Å². The molecule has 0 aliphatic heterocycles. The predicted octanol–water partition coefficient (Wildman–Crippen LogP) is 2.82. The Kier molecular flexibility index (Phi) is 3.94. The molecule has 0 spiro atoms. The SMILES string of the molecule is CCC(CBr)Cn1c(=O)cnc2ccccc21. The zero-order valence-corrected chi connectivity index (χ0v) is 11.4. The Morgan fingerprint density at radius 2 is 2.18 bits per heavy atom. The van der Waals surface area contributed by atoms with E-state index in [1.54, 1.807) is 0 Å². The molecule has 1 atom stereocenters. The molecule has 0 fully saturated rings. The van der Waals surface area contributed by atoms with Crippen molar-refractivity contribution in [3.8, 4) is 0 Å². The van der Waals surface area contributed by atoms with Crippen molar-refractivity contribution in [3.63, 3.8) is 0 Å². The average Bonchev–Trinajstić information content (AvgIpc) is 2.38. The second kappa shape index (κ2) is 5.45. The second-order valence-corrected chi connectivity index (χ2v) is 4.77. The number of rotatable bonds is 4. The fourth-order valence-corrected chi connectivity index (χ4v) is 2.51. The van der Waals surface area contributed by atoms with Crippen LogP contribution in [0.3, 0.4) is 0 Å². The topological polar surface area (TPSA) is 34.9 Å². The van der Waals surface area contributed by atoms with E-state index < -0.39 is 0 Å². The summed E-state index contributed by atoms with van der Waals surface area (Å²) in [5.74, 6) is 0.471. The molecule has 0 saturated heterocycles. The van der Waals surface area contributed by atoms with Gasteiger partial charge in [-0.2, -0.15) is 0 Å². The summed E-state index contributed by atoms with van der Waals surface area (Å²) >= 11 is 3.49. The minimum absolute atomic E-state index is 0.0249. The maximum Gasteiger partial charge on any atom is 0.269 e. The smallest absolute Gasteiger partial charge is 0.269 e. The highest BCUT2D eigenvalue weighted by molar-refractivity contribution is 9.09. The molecule has 0 N–H and O–H groups in total. The van der Waals surface area contributed by atoms with Gasteiger partial charge in [0.2, 0.25) is 0 Å². The minimum Gasteiger partial charge on any atom is -0.305 e. The maximum atomic E-state index is 11.9. The van der Waals surface area contributed by atoms with E-state index in [1.807, 2.05) is 28.8 Å². The highest BCUT2D eigenvalue weighted by atomic mass is 79.9. The molecule has 1 unspecified atom stereocenters. The number of benzene rings is 1. The first kappa shape index (κ1) is 12.3. The second-order valence-electron chi connectivity index (χ2n) is 4.12. The van der Waals surface area contributed by atoms with Crippen LogP contribution in [-0.4, -0.2) is 14.9 Å². The summed E-state index contributed by atoms with van der Waals surface area (Å²) in [6.07, 6.45) is 2.46. The van der Waals surface area contributed by atoms with Crippen molar-refractivity contribution in [1.82, 2.24) is 9.55 Å². The Labute approximate surface area is 109 Å². The van der Waals surface area contributed by atoms with Crippen molar-refractivity contribution in [1.29, 1.82) is 0 Å². The lowest BCUT2D eigenvalue weighted by Gasteiger charge is -2.15. The molecule has 4 heteroatoms. The van der Waals surface area contributed by atoms with Gasteiger partial charge in [0.25, 0.3) is 5.56 Å². The van der Waals surface area contributed by atoms with Gasteiger partial charge in [0.15, 0.2) is 0 Å². The van der Waals surface area contributed by atoms with E-state index in [-0.39, 0.29) is 5.56 Å². The first-order chi connectivity index (χ1) is 8.26. The van der Waals surface area contributed by atoms with E-state index in [4.69, 9.17) is 0 Å². The summed E-state index contributed by atoms with van der Waals surface area (Å²) in [7, 11) is 0. The average molecular weight is 295 g/mol. The monoisotopic (exact) mass is 294 g/mol. The molecule has 2 rings (SSSR count). The number of para-hydroxylation sites is 2. The van der Waals surface area contributed by atoms with Gasteiger partial charge in [-0.3, -0.25) is 4.79 Å². The van der Waals surface area contributed by atoms with Crippen LogP contribution in [0, 0.1) is 5.92 Å². The van der Waals surface area contributed by atoms with Gasteiger partial charge in [-0.05, 0) is 18.1 Å². The van der Waals surface area contributed by atoms with E-state index in [1.165, 1.54) is 6.20 Å². The highest BCUT2D eigenvalue weighted by Gasteiger charge is 2.09. The van der Waals surface area contributed by atoms with E-state index in [0.717, 1.165) is 29.3 Å². The number of aromatic nitrogens is 2. The van der Waals surface area contributed by atoms with E-state index in [9.17, 15) is 4.79 Å². The van der Waals surface area contributed by atoms with Crippen molar-refractivity contribution in [2.45, 2.75) is 19.9 Å². The lowest BCUT2D eigenvalue weighted by Crippen LogP contribution is -2.24. The molecule has 0 aliphatic carbocycles. The Hall–Kier alpha value is -1.16. The van der Waals surface area contributed by atoms with E-state index in [2.05, 4.69) is 27.8 Å². The molecule has 3 nitrogen and oxygen atoms in total. The normalized spacial score (nSPS) is 12.8. The third-order valence-electron chi connectivity index (χ3n) is 2.99. The van der Waals surface area contributed by atoms with Crippen LogP contribution in [0.4, 0.5) is 0 Å². The first-order valence-corrected chi connectivity index (χ1v) is 6.89. The lowest BCUT2D eigenvalue weighted by atomic mass is 10.1. The molecule has 1 heterocycles. The van der Waals surface area contributed by atoms with Crippen LogP contribution in [0.15, 0.2) is 35.3 Å². The van der Waals surface area contributed by atoms with Gasteiger partial charge in [0, 0.05) is 11.9 Å². The summed E-state index contributed by atoms with van der Waals surface area (Å²) in [6.45, 7) is 2.88. The highest BCUT2D eigenvalue weighted by Crippen LogP contribution is 2.13. The summed E-state index contributed by atoms with van der Waals surface area (Å²) in [4.78, 5) is 16.0. The van der Waals surface area contributed by atoms with Gasteiger partial charge < -0.3 is 4.57 Å². The molecule has 1 aromatic carbocycles. The fraction of sp³-hybridized carbons (Fsp3) is 0.385. The number of fused-ring (bicyclic) bond motifs is 1. The summed E-state index contributed by atoms with van der Waals surface area (Å²) in [5.41, 5.74) is 1.76.